The van der Waals surface area contributed by atoms with Gasteiger partial charge in [-0.2, -0.15) is 0 Å². The summed E-state index contributed by atoms with van der Waals surface area (Å²) in [6, 6.07) is 6.13. The third kappa shape index (κ3) is 2.43. The van der Waals surface area contributed by atoms with E-state index in [1.54, 1.807) is 0 Å². The first-order chi connectivity index (χ1) is 8.63. The van der Waals surface area contributed by atoms with Crippen molar-refractivity contribution in [3.05, 3.63) is 47.5 Å². The average Bonchev–Trinajstić information content (AvgIpc) is 2.77. The summed E-state index contributed by atoms with van der Waals surface area (Å²) >= 11 is 5.14. The lowest BCUT2D eigenvalue weighted by Crippen LogP contribution is -2.14. The summed E-state index contributed by atoms with van der Waals surface area (Å²) in [5.41, 5.74) is 8.87. The fraction of sp³-hybridized carbons (Fsp3) is 0.286. The normalized spacial score (nSPS) is 10.6. The Hall–Kier alpha value is -1.68. The minimum Gasteiger partial charge on any atom is -0.389 e. The van der Waals surface area contributed by atoms with Crippen LogP contribution in [0, 0.1) is 6.92 Å². The molecule has 0 radical (unpaired) electrons. The Kier molecular flexibility index (Phi) is 3.77. The van der Waals surface area contributed by atoms with Gasteiger partial charge in [-0.15, -0.1) is 0 Å². The van der Waals surface area contributed by atoms with Crippen LogP contribution in [0.15, 0.2) is 30.6 Å². The fourth-order valence-corrected chi connectivity index (χ4v) is 2.18. The molecule has 0 saturated carbocycles. The van der Waals surface area contributed by atoms with Gasteiger partial charge in [-0.05, 0) is 25.5 Å². The van der Waals surface area contributed by atoms with Crippen LogP contribution in [-0.2, 0) is 6.42 Å². The van der Waals surface area contributed by atoms with Crippen molar-refractivity contribution in [2.45, 2.75) is 26.7 Å². The Morgan fingerprint density at radius 2 is 2.22 bits per heavy atom. The number of nitrogens with two attached hydrogens (primary N) is 1. The second-order valence-corrected chi connectivity index (χ2v) is 4.79. The van der Waals surface area contributed by atoms with Gasteiger partial charge in [-0.25, -0.2) is 4.98 Å². The summed E-state index contributed by atoms with van der Waals surface area (Å²) in [6.07, 6.45) is 5.77. The third-order valence-electron chi connectivity index (χ3n) is 2.87. The number of aromatic nitrogens is 2. The van der Waals surface area contributed by atoms with Gasteiger partial charge < -0.3 is 10.3 Å². The van der Waals surface area contributed by atoms with Crippen molar-refractivity contribution in [1.29, 1.82) is 0 Å². The van der Waals surface area contributed by atoms with E-state index < -0.39 is 0 Å². The maximum Gasteiger partial charge on any atom is 0.113 e. The molecule has 2 N–H and O–H groups in total. The monoisotopic (exact) mass is 259 g/mol. The zero-order valence-corrected chi connectivity index (χ0v) is 11.5. The van der Waals surface area contributed by atoms with Gasteiger partial charge in [0.2, 0.25) is 0 Å². The van der Waals surface area contributed by atoms with Crippen molar-refractivity contribution >= 4 is 17.2 Å². The number of thiocarbonyl (C=S) groups is 1. The number of benzene rings is 1. The van der Waals surface area contributed by atoms with E-state index >= 15 is 0 Å². The first-order valence-electron chi connectivity index (χ1n) is 6.06. The number of rotatable bonds is 4. The molecule has 0 fully saturated rings. The maximum atomic E-state index is 5.81. The average molecular weight is 259 g/mol. The van der Waals surface area contributed by atoms with Gasteiger partial charge in [0.05, 0.1) is 5.69 Å². The molecule has 0 aliphatic carbocycles. The molecule has 3 nitrogen and oxygen atoms in total. The number of nitrogens with zero attached hydrogens (tertiary/aromatic N) is 2. The summed E-state index contributed by atoms with van der Waals surface area (Å²) in [5, 5.41) is 0. The van der Waals surface area contributed by atoms with Gasteiger partial charge in [0.25, 0.3) is 0 Å². The summed E-state index contributed by atoms with van der Waals surface area (Å²) < 4.78 is 2.07. The van der Waals surface area contributed by atoms with Crippen LogP contribution < -0.4 is 5.73 Å². The molecular formula is C14H17N3S. The van der Waals surface area contributed by atoms with Crippen molar-refractivity contribution in [2.24, 2.45) is 5.73 Å². The molecule has 0 saturated heterocycles. The van der Waals surface area contributed by atoms with Crippen LogP contribution in [-0.4, -0.2) is 14.5 Å². The highest BCUT2D eigenvalue weighted by molar-refractivity contribution is 7.80. The molecule has 1 heterocycles. The standard InChI is InChI=1S/C14H17N3S/c1-3-4-13-16-7-8-17(13)12-6-5-10(2)9-11(12)14(15)18/h5-9H,3-4H2,1-2H3,(H2,15,18). The van der Waals surface area contributed by atoms with E-state index in [0.717, 1.165) is 35.5 Å². The lowest BCUT2D eigenvalue weighted by atomic mass is 10.1. The molecule has 1 aromatic heterocycles. The molecule has 94 valence electrons. The highest BCUT2D eigenvalue weighted by atomic mass is 32.1. The maximum absolute atomic E-state index is 5.81. The number of hydrogen-bond acceptors (Lipinski definition) is 2. The van der Waals surface area contributed by atoms with Crippen molar-refractivity contribution in [3.8, 4) is 5.69 Å². The van der Waals surface area contributed by atoms with Crippen LogP contribution in [0.3, 0.4) is 0 Å². The minimum absolute atomic E-state index is 0.421. The lowest BCUT2D eigenvalue weighted by molar-refractivity contribution is 0.808. The highest BCUT2D eigenvalue weighted by Crippen LogP contribution is 2.19. The zero-order chi connectivity index (χ0) is 13.1. The number of imidazole rings is 1. The predicted octanol–water partition coefficient (Wildman–Crippen LogP) is 2.77. The van der Waals surface area contributed by atoms with E-state index in [2.05, 4.69) is 22.5 Å². The SMILES string of the molecule is CCCc1nccn1-c1ccc(C)cc1C(N)=S. The van der Waals surface area contributed by atoms with E-state index in [-0.39, 0.29) is 0 Å². The third-order valence-corrected chi connectivity index (χ3v) is 3.09. The van der Waals surface area contributed by atoms with Crippen molar-refractivity contribution in [2.75, 3.05) is 0 Å². The summed E-state index contributed by atoms with van der Waals surface area (Å²) in [5.74, 6) is 1.04. The minimum atomic E-state index is 0.421. The summed E-state index contributed by atoms with van der Waals surface area (Å²) in [7, 11) is 0. The van der Waals surface area contributed by atoms with Crippen LogP contribution in [0.1, 0.15) is 30.3 Å². The first kappa shape index (κ1) is 12.8. The van der Waals surface area contributed by atoms with Crippen LogP contribution in [0.25, 0.3) is 5.69 Å². The lowest BCUT2D eigenvalue weighted by Gasteiger charge is -2.13. The van der Waals surface area contributed by atoms with Crippen molar-refractivity contribution < 1.29 is 0 Å². The molecule has 2 aromatic rings. The summed E-state index contributed by atoms with van der Waals surface area (Å²) in [4.78, 5) is 4.81. The molecule has 0 atom stereocenters. The van der Waals surface area contributed by atoms with Crippen LogP contribution in [0.4, 0.5) is 0 Å². The van der Waals surface area contributed by atoms with Gasteiger partial charge in [-0.1, -0.05) is 30.8 Å². The smallest absolute Gasteiger partial charge is 0.113 e. The molecule has 18 heavy (non-hydrogen) atoms. The van der Waals surface area contributed by atoms with Crippen molar-refractivity contribution in [1.82, 2.24) is 9.55 Å². The largest absolute Gasteiger partial charge is 0.389 e. The van der Waals surface area contributed by atoms with Crippen LogP contribution >= 0.6 is 12.2 Å². The van der Waals surface area contributed by atoms with Crippen LogP contribution in [0.5, 0.6) is 0 Å². The highest BCUT2D eigenvalue weighted by Gasteiger charge is 2.10. The number of hydrogen-bond donors (Lipinski definition) is 1. The van der Waals surface area contributed by atoms with Gasteiger partial charge in [-0.3, -0.25) is 0 Å². The molecule has 0 bridgehead atoms. The first-order valence-corrected chi connectivity index (χ1v) is 6.47. The predicted molar refractivity (Wildman–Crippen MR) is 78.2 cm³/mol. The van der Waals surface area contributed by atoms with Gasteiger partial charge in [0, 0.05) is 24.4 Å². The molecule has 1 aromatic carbocycles. The Labute approximate surface area is 113 Å². The molecular weight excluding hydrogens is 242 g/mol. The second kappa shape index (κ2) is 5.31. The molecule has 0 unspecified atom stereocenters. The van der Waals surface area contributed by atoms with E-state index in [1.165, 1.54) is 0 Å². The second-order valence-electron chi connectivity index (χ2n) is 4.35. The van der Waals surface area contributed by atoms with E-state index in [9.17, 15) is 0 Å². The van der Waals surface area contributed by atoms with Crippen LogP contribution in [0.2, 0.25) is 0 Å². The van der Waals surface area contributed by atoms with E-state index in [4.69, 9.17) is 18.0 Å². The quantitative estimate of drug-likeness (QED) is 0.859. The van der Waals surface area contributed by atoms with Crippen molar-refractivity contribution in [3.63, 3.8) is 0 Å². The molecule has 0 aliphatic rings. The molecule has 2 rings (SSSR count). The van der Waals surface area contributed by atoms with E-state index in [1.807, 2.05) is 31.5 Å². The molecule has 4 heteroatoms. The molecule has 0 aliphatic heterocycles. The summed E-state index contributed by atoms with van der Waals surface area (Å²) in [6.45, 7) is 4.18. The van der Waals surface area contributed by atoms with Gasteiger partial charge in [0.1, 0.15) is 10.8 Å². The Morgan fingerprint density at radius 3 is 2.89 bits per heavy atom. The molecule has 0 spiro atoms. The number of aryl methyl sites for hydroxylation is 2. The fourth-order valence-electron chi connectivity index (χ4n) is 2.02. The van der Waals surface area contributed by atoms with E-state index in [0.29, 0.717) is 4.99 Å². The Morgan fingerprint density at radius 1 is 1.44 bits per heavy atom. The zero-order valence-electron chi connectivity index (χ0n) is 10.7. The van der Waals surface area contributed by atoms with Gasteiger partial charge >= 0.3 is 0 Å². The Balaban J connectivity index is 2.56. The van der Waals surface area contributed by atoms with Gasteiger partial charge in [0.15, 0.2) is 0 Å². The Bertz CT molecular complexity index is 572. The topological polar surface area (TPSA) is 43.8 Å². The molecule has 0 amide bonds.